The lowest BCUT2D eigenvalue weighted by Crippen LogP contribution is -2.22. The first kappa shape index (κ1) is 14.7. The summed E-state index contributed by atoms with van der Waals surface area (Å²) in [7, 11) is 1.84. The summed E-state index contributed by atoms with van der Waals surface area (Å²) in [5.41, 5.74) is 2.05. The van der Waals surface area contributed by atoms with Gasteiger partial charge in [0, 0.05) is 30.7 Å². The Morgan fingerprint density at radius 2 is 2.09 bits per heavy atom. The summed E-state index contributed by atoms with van der Waals surface area (Å²) in [4.78, 5) is 15.0. The molecule has 0 amide bonds. The van der Waals surface area contributed by atoms with Crippen molar-refractivity contribution in [2.24, 2.45) is 7.05 Å². The van der Waals surface area contributed by atoms with Crippen LogP contribution >= 0.6 is 0 Å². The van der Waals surface area contributed by atoms with Crippen molar-refractivity contribution in [1.82, 2.24) is 9.47 Å². The number of phenols is 1. The van der Waals surface area contributed by atoms with E-state index in [0.717, 1.165) is 31.6 Å². The molecule has 1 aromatic heterocycles. The van der Waals surface area contributed by atoms with Crippen molar-refractivity contribution in [2.75, 3.05) is 19.7 Å². The molecule has 1 atom stereocenters. The van der Waals surface area contributed by atoms with E-state index in [9.17, 15) is 14.3 Å². The highest BCUT2D eigenvalue weighted by molar-refractivity contribution is 6.12. The van der Waals surface area contributed by atoms with Crippen molar-refractivity contribution in [3.05, 3.63) is 29.2 Å². The van der Waals surface area contributed by atoms with E-state index >= 15 is 0 Å². The highest BCUT2D eigenvalue weighted by Crippen LogP contribution is 2.34. The number of ether oxygens (including phenoxy) is 1. The van der Waals surface area contributed by atoms with E-state index in [1.165, 1.54) is 12.1 Å². The van der Waals surface area contributed by atoms with Gasteiger partial charge in [0.15, 0.2) is 17.3 Å². The van der Waals surface area contributed by atoms with Gasteiger partial charge in [0.25, 0.3) is 0 Å². The van der Waals surface area contributed by atoms with E-state index in [-0.39, 0.29) is 5.78 Å². The molecule has 0 radical (unpaired) electrons. The van der Waals surface area contributed by atoms with Crippen molar-refractivity contribution in [2.45, 2.75) is 25.5 Å². The Kier molecular flexibility index (Phi) is 3.39. The van der Waals surface area contributed by atoms with Crippen LogP contribution < -0.4 is 0 Å². The molecule has 0 spiro atoms. The van der Waals surface area contributed by atoms with Crippen LogP contribution in [0.25, 0.3) is 10.9 Å². The molecule has 1 aromatic carbocycles. The molecule has 0 bridgehead atoms. The Morgan fingerprint density at radius 1 is 1.39 bits per heavy atom. The molecule has 2 saturated heterocycles. The quantitative estimate of drug-likeness (QED) is 0.693. The molecule has 3 heterocycles. The maximum absolute atomic E-state index is 13.8. The topological polar surface area (TPSA) is 58.0 Å². The minimum absolute atomic E-state index is 0.0733. The summed E-state index contributed by atoms with van der Waals surface area (Å²) in [5.74, 6) is -1.18. The molecule has 2 aliphatic heterocycles. The standard InChI is InChI=1S/C17H19FN2O3/c1-19-12-7-11(18)14(21)6-10(12)16(17(22)15-9-23-15)13(19)8-20-4-2-3-5-20/h6-7,15,21H,2-5,8-9H2,1H3. The van der Waals surface area contributed by atoms with Crippen LogP contribution in [0.5, 0.6) is 5.75 Å². The number of rotatable bonds is 4. The number of aryl methyl sites for hydroxylation is 1. The SMILES string of the molecule is Cn1c(CN2CCCC2)c(C(=O)C2CO2)c2cc(O)c(F)cc21. The van der Waals surface area contributed by atoms with Gasteiger partial charge in [0.2, 0.25) is 0 Å². The highest BCUT2D eigenvalue weighted by atomic mass is 19.1. The normalized spacial score (nSPS) is 21.2. The van der Waals surface area contributed by atoms with Crippen molar-refractivity contribution in [3.63, 3.8) is 0 Å². The zero-order valence-corrected chi connectivity index (χ0v) is 13.0. The van der Waals surface area contributed by atoms with Gasteiger partial charge in [-0.3, -0.25) is 9.69 Å². The number of aromatic nitrogens is 1. The van der Waals surface area contributed by atoms with Gasteiger partial charge in [-0.15, -0.1) is 0 Å². The summed E-state index contributed by atoms with van der Waals surface area (Å²) in [6.45, 7) is 3.11. The van der Waals surface area contributed by atoms with Crippen LogP contribution in [0.2, 0.25) is 0 Å². The number of hydrogen-bond acceptors (Lipinski definition) is 4. The zero-order valence-electron chi connectivity index (χ0n) is 13.0. The number of carbonyl (C=O) groups excluding carboxylic acids is 1. The molecule has 0 aliphatic carbocycles. The number of fused-ring (bicyclic) bond motifs is 1. The molecule has 6 heteroatoms. The van der Waals surface area contributed by atoms with E-state index < -0.39 is 17.7 Å². The van der Waals surface area contributed by atoms with Crippen LogP contribution in [0.1, 0.15) is 28.9 Å². The summed E-state index contributed by atoms with van der Waals surface area (Å²) < 4.78 is 20.8. The van der Waals surface area contributed by atoms with Crippen LogP contribution in [0.15, 0.2) is 12.1 Å². The number of epoxide rings is 1. The average molecular weight is 318 g/mol. The fraction of sp³-hybridized carbons (Fsp3) is 0.471. The number of carbonyl (C=O) groups is 1. The molecule has 122 valence electrons. The first-order valence-corrected chi connectivity index (χ1v) is 7.94. The Morgan fingerprint density at radius 3 is 2.74 bits per heavy atom. The second kappa shape index (κ2) is 5.32. The predicted molar refractivity (Wildman–Crippen MR) is 83.1 cm³/mol. The molecule has 1 unspecified atom stereocenters. The number of aromatic hydroxyl groups is 1. The largest absolute Gasteiger partial charge is 0.505 e. The Hall–Kier alpha value is -1.92. The first-order chi connectivity index (χ1) is 11.1. The second-order valence-electron chi connectivity index (χ2n) is 6.37. The van der Waals surface area contributed by atoms with Gasteiger partial charge in [-0.2, -0.15) is 0 Å². The Balaban J connectivity index is 1.88. The summed E-state index contributed by atoms with van der Waals surface area (Å²) in [6.07, 6.45) is 1.92. The maximum Gasteiger partial charge on any atom is 0.196 e. The van der Waals surface area contributed by atoms with Gasteiger partial charge in [-0.1, -0.05) is 0 Å². The molecule has 5 nitrogen and oxygen atoms in total. The van der Waals surface area contributed by atoms with Crippen LogP contribution in [-0.2, 0) is 18.3 Å². The summed E-state index contributed by atoms with van der Waals surface area (Å²) in [6, 6.07) is 2.65. The maximum atomic E-state index is 13.8. The van der Waals surface area contributed by atoms with E-state index in [2.05, 4.69) is 4.90 Å². The fourth-order valence-electron chi connectivity index (χ4n) is 3.47. The molecule has 0 saturated carbocycles. The third-order valence-corrected chi connectivity index (χ3v) is 4.83. The monoisotopic (exact) mass is 318 g/mol. The van der Waals surface area contributed by atoms with Crippen molar-refractivity contribution >= 4 is 16.7 Å². The van der Waals surface area contributed by atoms with Gasteiger partial charge in [0.05, 0.1) is 17.7 Å². The summed E-state index contributed by atoms with van der Waals surface area (Å²) >= 11 is 0. The fourth-order valence-corrected chi connectivity index (χ4v) is 3.47. The number of ketones is 1. The molecular formula is C17H19FN2O3. The zero-order chi connectivity index (χ0) is 16.1. The number of nitrogens with zero attached hydrogens (tertiary/aromatic N) is 2. The minimum atomic E-state index is -0.674. The van der Waals surface area contributed by atoms with Crippen LogP contribution in [0.4, 0.5) is 4.39 Å². The molecular weight excluding hydrogens is 299 g/mol. The number of halogens is 1. The van der Waals surface area contributed by atoms with Crippen LogP contribution in [0.3, 0.4) is 0 Å². The van der Waals surface area contributed by atoms with Crippen LogP contribution in [-0.4, -0.2) is 46.2 Å². The third kappa shape index (κ3) is 2.42. The lowest BCUT2D eigenvalue weighted by molar-refractivity contribution is 0.0953. The van der Waals surface area contributed by atoms with E-state index in [1.807, 2.05) is 11.6 Å². The molecule has 2 fully saturated rings. The number of phenolic OH excluding ortho intramolecular Hbond substituents is 1. The molecule has 23 heavy (non-hydrogen) atoms. The minimum Gasteiger partial charge on any atom is -0.505 e. The molecule has 4 rings (SSSR count). The molecule has 1 N–H and O–H groups in total. The second-order valence-corrected chi connectivity index (χ2v) is 6.37. The smallest absolute Gasteiger partial charge is 0.196 e. The number of Topliss-reactive ketones (excluding diaryl/α,β-unsaturated/α-hetero) is 1. The average Bonchev–Trinajstić information content (AvgIpc) is 3.20. The third-order valence-electron chi connectivity index (χ3n) is 4.83. The van der Waals surface area contributed by atoms with Crippen molar-refractivity contribution < 1.29 is 19.0 Å². The number of hydrogen-bond donors (Lipinski definition) is 1. The number of benzene rings is 1. The highest BCUT2D eigenvalue weighted by Gasteiger charge is 2.36. The Labute approximate surface area is 133 Å². The lowest BCUT2D eigenvalue weighted by Gasteiger charge is -2.16. The predicted octanol–water partition coefficient (Wildman–Crippen LogP) is 2.20. The van der Waals surface area contributed by atoms with Crippen LogP contribution in [0, 0.1) is 5.82 Å². The van der Waals surface area contributed by atoms with Crippen molar-refractivity contribution in [1.29, 1.82) is 0 Å². The van der Waals surface area contributed by atoms with Gasteiger partial charge in [0.1, 0.15) is 6.10 Å². The van der Waals surface area contributed by atoms with Gasteiger partial charge in [-0.05, 0) is 32.0 Å². The first-order valence-electron chi connectivity index (χ1n) is 7.94. The van der Waals surface area contributed by atoms with E-state index in [0.29, 0.717) is 29.6 Å². The van der Waals surface area contributed by atoms with Crippen molar-refractivity contribution in [3.8, 4) is 5.75 Å². The Bertz CT molecular complexity index is 789. The van der Waals surface area contributed by atoms with Gasteiger partial charge in [-0.25, -0.2) is 4.39 Å². The summed E-state index contributed by atoms with van der Waals surface area (Å²) in [5, 5.41) is 10.3. The number of likely N-dealkylation sites (tertiary alicyclic amines) is 1. The molecule has 2 aromatic rings. The van der Waals surface area contributed by atoms with E-state index in [4.69, 9.17) is 4.74 Å². The van der Waals surface area contributed by atoms with Gasteiger partial charge >= 0.3 is 0 Å². The van der Waals surface area contributed by atoms with Gasteiger partial charge < -0.3 is 14.4 Å². The lowest BCUT2D eigenvalue weighted by atomic mass is 10.0. The van der Waals surface area contributed by atoms with E-state index in [1.54, 1.807) is 0 Å². The molecule has 2 aliphatic rings.